The van der Waals surface area contributed by atoms with Gasteiger partial charge in [0.05, 0.1) is 75.2 Å². The maximum atomic E-state index is 12.8. The minimum atomic E-state index is -4.71. The average molecular weight is 1250 g/mol. The summed E-state index contributed by atoms with van der Waals surface area (Å²) in [5, 5.41) is 24.3. The van der Waals surface area contributed by atoms with Crippen LogP contribution in [0.5, 0.6) is 11.5 Å². The molecule has 0 radical (unpaired) electrons. The van der Waals surface area contributed by atoms with Crippen LogP contribution >= 0.6 is 30.8 Å². The SMILES string of the molecule is CCc1cccc(C)c1N(C(=O)CCl)C(C)COC.CS(=O)(=O)NC(=O)c1cc(Oc2ccc(C(F)(F)F)cc2Cl)ccc1[N+](=O)[O-].CS(=O)(=O)c1cc(C(F)(F)F)ccc1C(=O)c1cnoc1C1CC1.O=C(O)CNCP(=O)(O)O. The number of hydrogen-bond donors (Lipinski definition) is 5. The summed E-state index contributed by atoms with van der Waals surface area (Å²) < 4.78 is 150. The molecule has 22 nitrogen and oxygen atoms in total. The molecule has 1 aromatic heterocycles. The first-order valence-corrected chi connectivity index (χ1v) is 29.5. The molecule has 4 aromatic carbocycles. The van der Waals surface area contributed by atoms with Gasteiger partial charge in [0.1, 0.15) is 22.9 Å². The number of carbonyl (C=O) groups excluding carboxylic acids is 3. The van der Waals surface area contributed by atoms with Crippen LogP contribution in [0.1, 0.15) is 86.9 Å². The predicted octanol–water partition coefficient (Wildman–Crippen LogP) is 8.91. The summed E-state index contributed by atoms with van der Waals surface area (Å²) in [4.78, 5) is 74.2. The van der Waals surface area contributed by atoms with Gasteiger partial charge in [0, 0.05) is 37.0 Å². The van der Waals surface area contributed by atoms with Crippen molar-refractivity contribution in [2.24, 2.45) is 0 Å². The standard InChI is InChI=1S/C15H10ClF3N2O6S.C15H22ClNO2.C15H12F3NO4S.C3H8NO5P/c1-28(25,26)20-14(22)10-7-9(3-4-12(10)21(23)24)27-13-5-2-8(6-11(13)16)15(17,18)19;1-5-13-8-6-7-11(2)15(13)17(14(18)9-16)12(3)10-19-4;1-24(21,22)12-6-9(15(16,17)18)4-5-10(12)13(20)11-7-19-23-14(11)8-2-3-8;5-3(6)1-4-2-10(7,8)9/h2-7H,1H3,(H,20,22);6-8,12H,5,9-10H2,1-4H3;4-8H,2-3H2,1H3;4H,1-2H2,(H,5,6)(H2,7,8,9). The van der Waals surface area contributed by atoms with E-state index in [1.54, 1.807) is 16.7 Å². The highest BCUT2D eigenvalue weighted by atomic mass is 35.5. The van der Waals surface area contributed by atoms with Crippen LogP contribution in [0.15, 0.2) is 88.4 Å². The Balaban J connectivity index is 0.000000298. The summed E-state index contributed by atoms with van der Waals surface area (Å²) in [7, 11) is -10.5. The van der Waals surface area contributed by atoms with Crippen molar-refractivity contribution < 1.29 is 101 Å². The van der Waals surface area contributed by atoms with Gasteiger partial charge in [0.25, 0.3) is 11.6 Å². The zero-order valence-electron chi connectivity index (χ0n) is 43.3. The Bertz CT molecular complexity index is 3380. The Hall–Kier alpha value is -6.50. The number of methoxy groups -OCH3 is 1. The van der Waals surface area contributed by atoms with Crippen molar-refractivity contribution in [1.29, 1.82) is 0 Å². The number of rotatable bonds is 19. The number of aromatic nitrogens is 1. The van der Waals surface area contributed by atoms with E-state index in [0.29, 0.717) is 42.9 Å². The molecule has 6 rings (SSSR count). The van der Waals surface area contributed by atoms with Gasteiger partial charge in [-0.3, -0.25) is 39.2 Å². The number of amides is 2. The number of nitro groups is 1. The Morgan fingerprint density at radius 3 is 2.04 bits per heavy atom. The van der Waals surface area contributed by atoms with Crippen LogP contribution in [-0.2, 0) is 57.5 Å². The van der Waals surface area contributed by atoms with Crippen molar-refractivity contribution in [2.45, 2.75) is 69.2 Å². The number of carboxylic acids is 1. The van der Waals surface area contributed by atoms with Crippen LogP contribution in [-0.4, -0.2) is 116 Å². The molecule has 1 unspecified atom stereocenters. The first kappa shape index (κ1) is 68.8. The number of hydrogen-bond acceptors (Lipinski definition) is 16. The van der Waals surface area contributed by atoms with Gasteiger partial charge in [-0.1, -0.05) is 41.9 Å². The van der Waals surface area contributed by atoms with Gasteiger partial charge in [-0.05, 0) is 86.7 Å². The quantitative estimate of drug-likeness (QED) is 0.0129. The van der Waals surface area contributed by atoms with Crippen LogP contribution in [0.25, 0.3) is 0 Å². The number of halogens is 8. The second kappa shape index (κ2) is 29.0. The van der Waals surface area contributed by atoms with E-state index in [4.69, 9.17) is 52.1 Å². The number of carboxylic acid groups (broad SMARTS) is 1. The third-order valence-corrected chi connectivity index (χ3v) is 13.5. The third-order valence-electron chi connectivity index (χ3n) is 10.7. The molecule has 1 fully saturated rings. The van der Waals surface area contributed by atoms with Gasteiger partial charge < -0.3 is 33.8 Å². The normalized spacial score (nSPS) is 12.9. The molecule has 5 N–H and O–H groups in total. The Morgan fingerprint density at radius 2 is 1.54 bits per heavy atom. The van der Waals surface area contributed by atoms with E-state index in [0.717, 1.165) is 72.7 Å². The number of aliphatic carboxylic acids is 1. The highest BCUT2D eigenvalue weighted by Crippen LogP contribution is 2.43. The number of nitrogens with zero attached hydrogens (tertiary/aromatic N) is 3. The lowest BCUT2D eigenvalue weighted by Crippen LogP contribution is -2.43. The van der Waals surface area contributed by atoms with Gasteiger partial charge >= 0.3 is 25.9 Å². The van der Waals surface area contributed by atoms with Gasteiger partial charge in [0.2, 0.25) is 15.9 Å². The molecule has 1 atom stereocenters. The molecule has 0 saturated heterocycles. The lowest BCUT2D eigenvalue weighted by molar-refractivity contribution is -0.385. The molecular formula is C48H52Cl2F6N5O17PS2. The third kappa shape index (κ3) is 21.4. The highest BCUT2D eigenvalue weighted by Gasteiger charge is 2.37. The fourth-order valence-corrected chi connectivity index (χ4v) is 9.16. The molecule has 81 heavy (non-hydrogen) atoms. The van der Waals surface area contributed by atoms with Crippen molar-refractivity contribution in [3.8, 4) is 11.5 Å². The second-order valence-electron chi connectivity index (χ2n) is 17.4. The summed E-state index contributed by atoms with van der Waals surface area (Å²) in [6.07, 6.45) is -4.80. The summed E-state index contributed by atoms with van der Waals surface area (Å²) in [5.74, 6) is -3.26. The van der Waals surface area contributed by atoms with Gasteiger partial charge in [-0.15, -0.1) is 11.6 Å². The Labute approximate surface area is 469 Å². The Kier molecular flexibility index (Phi) is 24.6. The summed E-state index contributed by atoms with van der Waals surface area (Å²) in [6, 6.07) is 13.2. The number of nitro benzene ring substituents is 1. The van der Waals surface area contributed by atoms with E-state index in [9.17, 15) is 77.0 Å². The number of nitrogens with one attached hydrogen (secondary N) is 2. The van der Waals surface area contributed by atoms with E-state index in [1.807, 2.05) is 26.0 Å². The second-order valence-corrected chi connectivity index (χ2v) is 23.4. The largest absolute Gasteiger partial charge is 0.480 e. The fourth-order valence-electron chi connectivity index (χ4n) is 7.06. The van der Waals surface area contributed by atoms with Gasteiger partial charge in [-0.2, -0.15) is 26.3 Å². The molecule has 444 valence electrons. The lowest BCUT2D eigenvalue weighted by Gasteiger charge is -2.31. The minimum Gasteiger partial charge on any atom is -0.480 e. The zero-order chi connectivity index (χ0) is 61.6. The summed E-state index contributed by atoms with van der Waals surface area (Å²) in [6.45, 7) is 6.12. The number of ether oxygens (including phenoxy) is 2. The summed E-state index contributed by atoms with van der Waals surface area (Å²) >= 11 is 11.5. The maximum absolute atomic E-state index is 12.8. The van der Waals surface area contributed by atoms with Gasteiger partial charge in [0.15, 0.2) is 21.4 Å². The molecular weight excluding hydrogens is 1200 g/mol. The van der Waals surface area contributed by atoms with Crippen molar-refractivity contribution in [3.05, 3.63) is 139 Å². The number of ketones is 1. The monoisotopic (exact) mass is 1250 g/mol. The lowest BCUT2D eigenvalue weighted by atomic mass is 10.0. The zero-order valence-corrected chi connectivity index (χ0v) is 47.3. The molecule has 1 aliphatic carbocycles. The van der Waals surface area contributed by atoms with Crippen LogP contribution in [0, 0.1) is 17.0 Å². The number of benzene rings is 4. The van der Waals surface area contributed by atoms with Crippen molar-refractivity contribution in [3.63, 3.8) is 0 Å². The molecule has 1 heterocycles. The van der Waals surface area contributed by atoms with Crippen LogP contribution in [0.2, 0.25) is 5.02 Å². The minimum absolute atomic E-state index is 0.0223. The number of anilines is 1. The fraction of sp³-hybridized carbons (Fsp3) is 0.354. The van der Waals surface area contributed by atoms with E-state index >= 15 is 0 Å². The predicted molar refractivity (Wildman–Crippen MR) is 281 cm³/mol. The molecule has 33 heteroatoms. The van der Waals surface area contributed by atoms with Crippen LogP contribution in [0.3, 0.4) is 0 Å². The average Bonchev–Trinajstić information content (AvgIpc) is 4.10. The first-order valence-electron chi connectivity index (χ1n) is 23.0. The smallest absolute Gasteiger partial charge is 0.416 e. The first-order chi connectivity index (χ1) is 37.3. The van der Waals surface area contributed by atoms with Gasteiger partial charge in [-0.25, -0.2) is 21.6 Å². The molecule has 1 saturated carbocycles. The van der Waals surface area contributed by atoms with Crippen molar-refractivity contribution in [1.82, 2.24) is 15.2 Å². The molecule has 0 spiro atoms. The molecule has 5 aromatic rings. The van der Waals surface area contributed by atoms with E-state index in [-0.39, 0.29) is 46.4 Å². The summed E-state index contributed by atoms with van der Waals surface area (Å²) in [5.41, 5.74) is -0.503. The topological polar surface area (TPSA) is 329 Å². The van der Waals surface area contributed by atoms with E-state index < -0.39 is 108 Å². The number of sulfonamides is 1. The number of para-hydroxylation sites is 1. The maximum Gasteiger partial charge on any atom is 0.416 e. The number of sulfone groups is 1. The number of aryl methyl sites for hydroxylation is 2. The van der Waals surface area contributed by atoms with E-state index in [1.165, 1.54) is 6.20 Å². The molecule has 0 bridgehead atoms. The van der Waals surface area contributed by atoms with Crippen LogP contribution < -0.4 is 19.7 Å². The number of alkyl halides is 7. The molecule has 1 aliphatic rings. The number of carbonyl (C=O) groups is 4. The molecule has 2 amide bonds. The Morgan fingerprint density at radius 1 is 0.938 bits per heavy atom. The van der Waals surface area contributed by atoms with E-state index in [2.05, 4.69) is 23.5 Å². The highest BCUT2D eigenvalue weighted by molar-refractivity contribution is 7.90. The molecule has 0 aliphatic heterocycles. The van der Waals surface area contributed by atoms with Crippen LogP contribution in [0.4, 0.5) is 37.7 Å². The van der Waals surface area contributed by atoms with Crippen molar-refractivity contribution >= 4 is 85.6 Å². The van der Waals surface area contributed by atoms with Crippen molar-refractivity contribution in [2.75, 3.05) is 49.8 Å².